The van der Waals surface area contributed by atoms with E-state index in [4.69, 9.17) is 5.11 Å². The number of methoxy groups -OCH3 is 1. The van der Waals surface area contributed by atoms with Crippen LogP contribution in [0, 0.1) is 13.8 Å². The van der Waals surface area contributed by atoms with Crippen LogP contribution in [0.25, 0.3) is 0 Å². The number of halogens is 3. The number of rotatable bonds is 3. The van der Waals surface area contributed by atoms with Crippen LogP contribution in [0.5, 0.6) is 0 Å². The lowest BCUT2D eigenvalue weighted by molar-refractivity contribution is 0.0593. The quantitative estimate of drug-likeness (QED) is 0.548. The fourth-order valence-electron chi connectivity index (χ4n) is 2.88. The highest BCUT2D eigenvalue weighted by Crippen LogP contribution is 2.29. The molecule has 2 aromatic rings. The van der Waals surface area contributed by atoms with Crippen molar-refractivity contribution in [2.24, 2.45) is 0 Å². The van der Waals surface area contributed by atoms with Crippen molar-refractivity contribution < 1.29 is 28.2 Å². The zero-order chi connectivity index (χ0) is 23.8. The molecule has 8 nitrogen and oxygen atoms in total. The van der Waals surface area contributed by atoms with Crippen LogP contribution in [-0.4, -0.2) is 72.6 Å². The van der Waals surface area contributed by atoms with Crippen LogP contribution in [0.15, 0.2) is 3.92 Å². The molecule has 4 rings (SSSR count). The first kappa shape index (κ1) is 26.6. The smallest absolute Gasteiger partial charge is 0.357 e. The lowest BCUT2D eigenvalue weighted by Crippen LogP contribution is -2.19. The van der Waals surface area contributed by atoms with Gasteiger partial charge in [-0.05, 0) is 49.2 Å². The van der Waals surface area contributed by atoms with Gasteiger partial charge >= 0.3 is 11.9 Å². The Bertz CT molecular complexity index is 921. The second-order valence-corrected chi connectivity index (χ2v) is 10.7. The van der Waals surface area contributed by atoms with Crippen LogP contribution in [-0.2, 0) is 4.74 Å². The fourth-order valence-corrected chi connectivity index (χ4v) is 5.33. The normalized spacial score (nSPS) is 19.6. The van der Waals surface area contributed by atoms with Crippen molar-refractivity contribution in [2.45, 2.75) is 39.0 Å². The number of nitrogens with zero attached hydrogens (tertiary/aromatic N) is 3. The van der Waals surface area contributed by atoms with E-state index in [1.807, 2.05) is 6.92 Å². The standard InChI is InChI=1S/C9H11FN2O2S.C6H6BrNO2S.C4H8FN/c1-5-7(8(13)14)11-9(15-5)12-3-2-6(10)4-12;1-3-4(5(9)10-2)8-6(7)11-3;5-4-1-2-6-3-4/h6H,2-4H2,1H3,(H,13,14);1-2H3;4,6H,1-3H2/t6-;;4-/m1.1/s1. The van der Waals surface area contributed by atoms with Crippen molar-refractivity contribution in [1.29, 1.82) is 0 Å². The topological polar surface area (TPSA) is 105 Å². The molecule has 178 valence electrons. The molecule has 0 spiro atoms. The molecular weight excluding hydrogens is 530 g/mol. The van der Waals surface area contributed by atoms with E-state index in [0.717, 1.165) is 11.4 Å². The van der Waals surface area contributed by atoms with Crippen molar-refractivity contribution in [3.8, 4) is 0 Å². The number of carboxylic acids is 1. The van der Waals surface area contributed by atoms with Crippen LogP contribution in [0.1, 0.15) is 43.6 Å². The highest BCUT2D eigenvalue weighted by molar-refractivity contribution is 9.11. The molecule has 0 aliphatic carbocycles. The average Bonchev–Trinajstić information content (AvgIpc) is 3.51. The summed E-state index contributed by atoms with van der Waals surface area (Å²) in [5.74, 6) is -1.41. The zero-order valence-electron chi connectivity index (χ0n) is 17.9. The summed E-state index contributed by atoms with van der Waals surface area (Å²) in [5, 5.41) is 12.3. The largest absolute Gasteiger partial charge is 0.476 e. The Kier molecular flexibility index (Phi) is 10.4. The van der Waals surface area contributed by atoms with Crippen LogP contribution < -0.4 is 10.2 Å². The van der Waals surface area contributed by atoms with Crippen molar-refractivity contribution in [3.63, 3.8) is 0 Å². The predicted molar refractivity (Wildman–Crippen MR) is 124 cm³/mol. The fraction of sp³-hybridized carbons (Fsp3) is 0.579. The summed E-state index contributed by atoms with van der Waals surface area (Å²) >= 11 is 5.91. The maximum absolute atomic E-state index is 12.9. The number of esters is 1. The molecule has 0 radical (unpaired) electrons. The molecule has 2 aliphatic rings. The summed E-state index contributed by atoms with van der Waals surface area (Å²) in [6, 6.07) is 0. The molecule has 13 heteroatoms. The molecule has 2 aliphatic heterocycles. The van der Waals surface area contributed by atoms with Gasteiger partial charge in [-0.1, -0.05) is 0 Å². The summed E-state index contributed by atoms with van der Waals surface area (Å²) in [6.07, 6.45) is -0.173. The molecule has 4 heterocycles. The number of carboxylic acid groups (broad SMARTS) is 1. The number of ether oxygens (including phenoxy) is 1. The zero-order valence-corrected chi connectivity index (χ0v) is 21.1. The first-order valence-corrected chi connectivity index (χ1v) is 12.2. The number of aromatic carboxylic acids is 1. The third-order valence-corrected chi connectivity index (χ3v) is 6.99. The highest BCUT2D eigenvalue weighted by Gasteiger charge is 2.26. The van der Waals surface area contributed by atoms with Gasteiger partial charge < -0.3 is 20.1 Å². The predicted octanol–water partition coefficient (Wildman–Crippen LogP) is 4.02. The van der Waals surface area contributed by atoms with Crippen LogP contribution >= 0.6 is 38.6 Å². The van der Waals surface area contributed by atoms with E-state index in [0.29, 0.717) is 52.1 Å². The molecule has 2 saturated heterocycles. The van der Waals surface area contributed by atoms with Gasteiger partial charge in [0, 0.05) is 22.8 Å². The van der Waals surface area contributed by atoms with Gasteiger partial charge in [-0.25, -0.2) is 28.3 Å². The first-order chi connectivity index (χ1) is 15.1. The van der Waals surface area contributed by atoms with Crippen molar-refractivity contribution in [1.82, 2.24) is 15.3 Å². The summed E-state index contributed by atoms with van der Waals surface area (Å²) in [4.78, 5) is 33.0. The van der Waals surface area contributed by atoms with E-state index in [2.05, 4.69) is 36.0 Å². The Labute approximate surface area is 201 Å². The SMILES string of the molecule is COC(=O)c1nc(Br)sc1C.Cc1sc(N2CC[C@@H](F)C2)nc1C(=O)O.F[C@@H]1CCNC1. The molecular formula is C19H25BrF2N4O4S2. The minimum Gasteiger partial charge on any atom is -0.476 e. The van der Waals surface area contributed by atoms with Gasteiger partial charge in [-0.15, -0.1) is 22.7 Å². The highest BCUT2D eigenvalue weighted by atomic mass is 79.9. The van der Waals surface area contributed by atoms with E-state index >= 15 is 0 Å². The number of thiazole rings is 2. The lowest BCUT2D eigenvalue weighted by atomic mass is 10.3. The monoisotopic (exact) mass is 554 g/mol. The molecule has 2 N–H and O–H groups in total. The molecule has 0 aromatic carbocycles. The second-order valence-electron chi connectivity index (χ2n) is 6.99. The number of anilines is 1. The number of hydrogen-bond donors (Lipinski definition) is 2. The van der Waals surface area contributed by atoms with E-state index < -0.39 is 18.3 Å². The Morgan fingerprint density at radius 3 is 2.22 bits per heavy atom. The van der Waals surface area contributed by atoms with Crippen molar-refractivity contribution >= 4 is 55.7 Å². The minimum absolute atomic E-state index is 0.0808. The number of aromatic nitrogens is 2. The summed E-state index contributed by atoms with van der Waals surface area (Å²) in [5.41, 5.74) is 0.474. The first-order valence-electron chi connectivity index (χ1n) is 9.78. The number of alkyl halides is 2. The third-order valence-electron chi connectivity index (χ3n) is 4.54. The molecule has 2 fully saturated rings. The molecule has 0 amide bonds. The van der Waals surface area contributed by atoms with E-state index in [1.165, 1.54) is 29.8 Å². The summed E-state index contributed by atoms with van der Waals surface area (Å²) in [6.45, 7) is 5.92. The Morgan fingerprint density at radius 2 is 1.84 bits per heavy atom. The van der Waals surface area contributed by atoms with Crippen LogP contribution in [0.3, 0.4) is 0 Å². The maximum atomic E-state index is 12.9. The van der Waals surface area contributed by atoms with Gasteiger partial charge in [0.05, 0.1) is 13.7 Å². The molecule has 0 unspecified atom stereocenters. The van der Waals surface area contributed by atoms with Crippen molar-refractivity contribution in [3.05, 3.63) is 25.1 Å². The van der Waals surface area contributed by atoms with Crippen LogP contribution in [0.4, 0.5) is 13.9 Å². The van der Waals surface area contributed by atoms with Gasteiger partial charge in [0.1, 0.15) is 12.3 Å². The van der Waals surface area contributed by atoms with Crippen LogP contribution in [0.2, 0.25) is 0 Å². The van der Waals surface area contributed by atoms with E-state index in [9.17, 15) is 18.4 Å². The average molecular weight is 555 g/mol. The third kappa shape index (κ3) is 7.71. The second kappa shape index (κ2) is 12.5. The summed E-state index contributed by atoms with van der Waals surface area (Å²) in [7, 11) is 1.34. The van der Waals surface area contributed by atoms with Gasteiger partial charge in [0.2, 0.25) is 0 Å². The molecule has 0 saturated carbocycles. The summed E-state index contributed by atoms with van der Waals surface area (Å²) < 4.78 is 30.0. The number of carbonyl (C=O) groups is 2. The Morgan fingerprint density at radius 1 is 1.16 bits per heavy atom. The molecule has 2 atom stereocenters. The van der Waals surface area contributed by atoms with Gasteiger partial charge in [-0.2, -0.15) is 0 Å². The Hall–Kier alpha value is -1.70. The van der Waals surface area contributed by atoms with E-state index in [1.54, 1.807) is 11.8 Å². The number of nitrogens with one attached hydrogen (secondary N) is 1. The number of aryl methyl sites for hydroxylation is 2. The number of carbonyl (C=O) groups excluding carboxylic acids is 1. The van der Waals surface area contributed by atoms with Gasteiger partial charge in [-0.3, -0.25) is 0 Å². The minimum atomic E-state index is -1.02. The molecule has 2 aromatic heterocycles. The maximum Gasteiger partial charge on any atom is 0.357 e. The molecule has 0 bridgehead atoms. The number of hydrogen-bond acceptors (Lipinski definition) is 9. The Balaban J connectivity index is 0.000000187. The van der Waals surface area contributed by atoms with E-state index in [-0.39, 0.29) is 11.7 Å². The lowest BCUT2D eigenvalue weighted by Gasteiger charge is -2.12. The van der Waals surface area contributed by atoms with Gasteiger partial charge in [0.15, 0.2) is 20.4 Å². The molecule has 32 heavy (non-hydrogen) atoms. The van der Waals surface area contributed by atoms with Gasteiger partial charge in [0.25, 0.3) is 0 Å². The van der Waals surface area contributed by atoms with Crippen molar-refractivity contribution in [2.75, 3.05) is 38.2 Å².